The van der Waals surface area contributed by atoms with Gasteiger partial charge in [-0.05, 0) is 40.6 Å². The lowest BCUT2D eigenvalue weighted by molar-refractivity contribution is 0.171. The van der Waals surface area contributed by atoms with Crippen LogP contribution in [0.25, 0.3) is 0 Å². The Morgan fingerprint density at radius 2 is 2.08 bits per heavy atom. The number of hydrogen-bond acceptors (Lipinski definition) is 6. The second kappa shape index (κ2) is 7.10. The number of nitrogens with one attached hydrogen (secondary N) is 1. The zero-order chi connectivity index (χ0) is 18.0. The zero-order valence-corrected chi connectivity index (χ0v) is 15.4. The Kier molecular flexibility index (Phi) is 4.66. The van der Waals surface area contributed by atoms with Crippen molar-refractivity contribution < 1.29 is 17.9 Å². The molecule has 0 unspecified atom stereocenters. The summed E-state index contributed by atoms with van der Waals surface area (Å²) in [6.07, 6.45) is 3.50. The fourth-order valence-electron chi connectivity index (χ4n) is 2.76. The number of nitrogens with zero attached hydrogens (tertiary/aromatic N) is 2. The van der Waals surface area contributed by atoms with Crippen molar-refractivity contribution in [3.05, 3.63) is 59.0 Å². The van der Waals surface area contributed by atoms with Crippen molar-refractivity contribution in [3.8, 4) is 11.5 Å². The predicted octanol–water partition coefficient (Wildman–Crippen LogP) is 2.28. The molecule has 26 heavy (non-hydrogen) atoms. The molecule has 0 aliphatic carbocycles. The number of thiophene rings is 1. The summed E-state index contributed by atoms with van der Waals surface area (Å²) in [5.74, 6) is 1.00. The molecule has 1 aromatic carbocycles. The first-order chi connectivity index (χ1) is 12.6. The van der Waals surface area contributed by atoms with Crippen LogP contribution in [-0.2, 0) is 10.0 Å². The van der Waals surface area contributed by atoms with Gasteiger partial charge in [0, 0.05) is 25.0 Å². The van der Waals surface area contributed by atoms with E-state index in [-0.39, 0.29) is 17.5 Å². The third-order valence-corrected chi connectivity index (χ3v) is 6.19. The Labute approximate surface area is 155 Å². The van der Waals surface area contributed by atoms with Gasteiger partial charge >= 0.3 is 0 Å². The number of rotatable bonds is 6. The van der Waals surface area contributed by atoms with E-state index in [0.29, 0.717) is 24.7 Å². The minimum absolute atomic E-state index is 0.145. The van der Waals surface area contributed by atoms with Crippen LogP contribution in [0, 0.1) is 0 Å². The number of hydrogen-bond donors (Lipinski definition) is 1. The average molecular weight is 391 g/mol. The topological polar surface area (TPSA) is 82.5 Å². The quantitative estimate of drug-likeness (QED) is 0.697. The van der Waals surface area contributed by atoms with Gasteiger partial charge in [-0.3, -0.25) is 4.68 Å². The summed E-state index contributed by atoms with van der Waals surface area (Å²) >= 11 is 1.56. The first-order valence-corrected chi connectivity index (χ1v) is 10.5. The van der Waals surface area contributed by atoms with Gasteiger partial charge in [0.1, 0.15) is 13.2 Å². The lowest BCUT2D eigenvalue weighted by Crippen LogP contribution is -2.31. The largest absolute Gasteiger partial charge is 0.486 e. The SMILES string of the molecule is O=S(=O)(NC[C@@H](c1ccsc1)n1cccn1)c1ccc2c(c1)OCCO2. The van der Waals surface area contributed by atoms with Gasteiger partial charge in [0.2, 0.25) is 10.0 Å². The second-order valence-corrected chi connectivity index (χ2v) is 8.26. The highest BCUT2D eigenvalue weighted by molar-refractivity contribution is 7.89. The van der Waals surface area contributed by atoms with Crippen LogP contribution in [0.4, 0.5) is 0 Å². The minimum atomic E-state index is -3.69. The van der Waals surface area contributed by atoms with Crippen molar-refractivity contribution in [2.75, 3.05) is 19.8 Å². The van der Waals surface area contributed by atoms with Gasteiger partial charge in [-0.15, -0.1) is 0 Å². The lowest BCUT2D eigenvalue weighted by Gasteiger charge is -2.20. The van der Waals surface area contributed by atoms with Gasteiger partial charge in [0.25, 0.3) is 0 Å². The van der Waals surface area contributed by atoms with E-state index in [9.17, 15) is 8.42 Å². The van der Waals surface area contributed by atoms with Crippen LogP contribution in [0.1, 0.15) is 11.6 Å². The summed E-state index contributed by atoms with van der Waals surface area (Å²) in [5, 5.41) is 8.20. The van der Waals surface area contributed by atoms with E-state index in [4.69, 9.17) is 9.47 Å². The van der Waals surface area contributed by atoms with E-state index in [1.54, 1.807) is 28.3 Å². The summed E-state index contributed by atoms with van der Waals surface area (Å²) < 4.78 is 40.8. The van der Waals surface area contributed by atoms with Crippen molar-refractivity contribution in [1.29, 1.82) is 0 Å². The van der Waals surface area contributed by atoms with Crippen molar-refractivity contribution in [1.82, 2.24) is 14.5 Å². The van der Waals surface area contributed by atoms with Gasteiger partial charge in [0.05, 0.1) is 10.9 Å². The highest BCUT2D eigenvalue weighted by atomic mass is 32.2. The molecule has 3 aromatic rings. The van der Waals surface area contributed by atoms with E-state index in [2.05, 4.69) is 9.82 Å². The van der Waals surface area contributed by atoms with Crippen molar-refractivity contribution in [2.24, 2.45) is 0 Å². The Morgan fingerprint density at radius 1 is 1.23 bits per heavy atom. The fraction of sp³-hybridized carbons (Fsp3) is 0.235. The first-order valence-electron chi connectivity index (χ1n) is 8.04. The summed E-state index contributed by atoms with van der Waals surface area (Å²) in [4.78, 5) is 0.145. The molecule has 0 fully saturated rings. The molecule has 7 nitrogen and oxygen atoms in total. The third-order valence-electron chi connectivity index (χ3n) is 4.06. The molecule has 136 valence electrons. The molecule has 0 amide bonds. The summed E-state index contributed by atoms with van der Waals surface area (Å²) in [7, 11) is -3.69. The molecule has 0 spiro atoms. The molecule has 0 bridgehead atoms. The molecule has 2 aromatic heterocycles. The van der Waals surface area contributed by atoms with Crippen LogP contribution in [-0.4, -0.2) is 38.0 Å². The number of benzene rings is 1. The highest BCUT2D eigenvalue weighted by Crippen LogP contribution is 2.32. The van der Waals surface area contributed by atoms with E-state index in [1.807, 2.05) is 29.1 Å². The standard InChI is InChI=1S/C17H17N3O4S2/c21-26(22,14-2-3-16-17(10-14)24-8-7-23-16)19-11-15(13-4-9-25-12-13)20-6-1-5-18-20/h1-6,9-10,12,15,19H,7-8,11H2/t15-/m0/s1. The maximum atomic E-state index is 12.7. The van der Waals surface area contributed by atoms with E-state index >= 15 is 0 Å². The summed E-state index contributed by atoms with van der Waals surface area (Å²) in [5.41, 5.74) is 1.00. The van der Waals surface area contributed by atoms with Gasteiger partial charge in [-0.25, -0.2) is 13.1 Å². The van der Waals surface area contributed by atoms with Gasteiger partial charge in [-0.2, -0.15) is 16.4 Å². The Morgan fingerprint density at radius 3 is 2.81 bits per heavy atom. The second-order valence-electron chi connectivity index (χ2n) is 5.72. The van der Waals surface area contributed by atoms with Crippen molar-refractivity contribution >= 4 is 21.4 Å². The predicted molar refractivity (Wildman–Crippen MR) is 97.3 cm³/mol. The van der Waals surface area contributed by atoms with Gasteiger partial charge in [-0.1, -0.05) is 0 Å². The monoisotopic (exact) mass is 391 g/mol. The summed E-state index contributed by atoms with van der Waals surface area (Å²) in [6.45, 7) is 1.06. The van der Waals surface area contributed by atoms with Crippen LogP contribution in [0.15, 0.2) is 58.4 Å². The van der Waals surface area contributed by atoms with Crippen molar-refractivity contribution in [3.63, 3.8) is 0 Å². The smallest absolute Gasteiger partial charge is 0.240 e. The summed E-state index contributed by atoms with van der Waals surface area (Å²) in [6, 6.07) is 8.19. The normalized spacial score (nSPS) is 14.9. The molecule has 9 heteroatoms. The van der Waals surface area contributed by atoms with Crippen LogP contribution in [0.2, 0.25) is 0 Å². The van der Waals surface area contributed by atoms with Crippen LogP contribution in [0.3, 0.4) is 0 Å². The molecule has 4 rings (SSSR count). The Balaban J connectivity index is 1.55. The maximum absolute atomic E-state index is 12.7. The van der Waals surface area contributed by atoms with E-state index < -0.39 is 10.0 Å². The number of sulfonamides is 1. The Hall–Kier alpha value is -2.36. The highest BCUT2D eigenvalue weighted by Gasteiger charge is 2.22. The number of aromatic nitrogens is 2. The first kappa shape index (κ1) is 17.1. The van der Waals surface area contributed by atoms with Gasteiger partial charge in [0.15, 0.2) is 11.5 Å². The average Bonchev–Trinajstić information content (AvgIpc) is 3.36. The van der Waals surface area contributed by atoms with Crippen LogP contribution >= 0.6 is 11.3 Å². The molecule has 1 aliphatic rings. The zero-order valence-electron chi connectivity index (χ0n) is 13.7. The Bertz CT molecular complexity index is 935. The van der Waals surface area contributed by atoms with E-state index in [1.165, 1.54) is 12.1 Å². The van der Waals surface area contributed by atoms with Crippen molar-refractivity contribution in [2.45, 2.75) is 10.9 Å². The third kappa shape index (κ3) is 3.46. The lowest BCUT2D eigenvalue weighted by atomic mass is 10.1. The number of ether oxygens (including phenoxy) is 2. The van der Waals surface area contributed by atoms with E-state index in [0.717, 1.165) is 5.56 Å². The molecular weight excluding hydrogens is 374 g/mol. The number of fused-ring (bicyclic) bond motifs is 1. The van der Waals surface area contributed by atoms with Crippen LogP contribution < -0.4 is 14.2 Å². The molecule has 1 aliphatic heterocycles. The molecule has 0 radical (unpaired) electrons. The van der Waals surface area contributed by atoms with Gasteiger partial charge < -0.3 is 9.47 Å². The molecule has 3 heterocycles. The molecule has 1 atom stereocenters. The molecule has 0 saturated heterocycles. The molecule has 0 saturated carbocycles. The van der Waals surface area contributed by atoms with Crippen LogP contribution in [0.5, 0.6) is 11.5 Å². The molecule has 1 N–H and O–H groups in total. The molecular formula is C17H17N3O4S2. The minimum Gasteiger partial charge on any atom is -0.486 e. The maximum Gasteiger partial charge on any atom is 0.240 e. The fourth-order valence-corrected chi connectivity index (χ4v) is 4.52.